The number of hydrogen-bond donors (Lipinski definition) is 1. The van der Waals surface area contributed by atoms with Crippen molar-refractivity contribution in [2.45, 2.75) is 20.2 Å². The van der Waals surface area contributed by atoms with Gasteiger partial charge in [-0.25, -0.2) is 4.79 Å². The summed E-state index contributed by atoms with van der Waals surface area (Å²) in [5.41, 5.74) is -1.51. The number of esters is 1. The van der Waals surface area contributed by atoms with Crippen LogP contribution in [0, 0.1) is 6.92 Å². The van der Waals surface area contributed by atoms with Gasteiger partial charge in [0.1, 0.15) is 11.3 Å². The molecule has 0 bridgehead atoms. The van der Waals surface area contributed by atoms with Crippen molar-refractivity contribution >= 4 is 5.97 Å². The molecule has 0 saturated carbocycles. The van der Waals surface area contributed by atoms with Gasteiger partial charge in [0.15, 0.2) is 0 Å². The van der Waals surface area contributed by atoms with Crippen molar-refractivity contribution in [3.8, 4) is 5.75 Å². The number of ether oxygens (including phenoxy) is 2. The van der Waals surface area contributed by atoms with Crippen molar-refractivity contribution in [2.24, 2.45) is 0 Å². The molecule has 1 heterocycles. The quantitative estimate of drug-likeness (QED) is 0.845. The van der Waals surface area contributed by atoms with Crippen molar-refractivity contribution in [3.63, 3.8) is 0 Å². The lowest BCUT2D eigenvalue weighted by Gasteiger charge is -2.11. The maximum Gasteiger partial charge on any atom is 0.573 e. The summed E-state index contributed by atoms with van der Waals surface area (Å²) in [6, 6.07) is 0.708. The van der Waals surface area contributed by atoms with Crippen LogP contribution in [0.4, 0.5) is 13.2 Å². The number of aryl methyl sites for hydroxylation is 1. The van der Waals surface area contributed by atoms with Crippen LogP contribution in [-0.4, -0.2) is 23.9 Å². The van der Waals surface area contributed by atoms with Gasteiger partial charge in [-0.2, -0.15) is 0 Å². The van der Waals surface area contributed by atoms with Gasteiger partial charge in [0.05, 0.1) is 12.3 Å². The fourth-order valence-electron chi connectivity index (χ4n) is 1.20. The number of H-pyrrole nitrogens is 1. The maximum absolute atomic E-state index is 12.1. The van der Waals surface area contributed by atoms with Crippen LogP contribution in [0.25, 0.3) is 0 Å². The number of aromatic nitrogens is 1. The molecule has 0 spiro atoms. The van der Waals surface area contributed by atoms with E-state index in [1.165, 1.54) is 13.8 Å². The molecule has 1 aromatic rings. The van der Waals surface area contributed by atoms with Gasteiger partial charge in [-0.15, -0.1) is 13.2 Å². The molecule has 0 aromatic carbocycles. The van der Waals surface area contributed by atoms with Crippen LogP contribution in [0.5, 0.6) is 5.75 Å². The zero-order valence-electron chi connectivity index (χ0n) is 9.55. The van der Waals surface area contributed by atoms with E-state index in [1.54, 1.807) is 0 Å². The second-order valence-electron chi connectivity index (χ2n) is 3.27. The molecule has 0 fully saturated rings. The van der Waals surface area contributed by atoms with E-state index in [0.717, 1.165) is 0 Å². The molecule has 0 aliphatic carbocycles. The van der Waals surface area contributed by atoms with Crippen molar-refractivity contribution < 1.29 is 27.4 Å². The Hall–Kier alpha value is -1.99. The summed E-state index contributed by atoms with van der Waals surface area (Å²) < 4.78 is 44.4. The minimum Gasteiger partial charge on any atom is -0.462 e. The number of carbonyl (C=O) groups is 1. The van der Waals surface area contributed by atoms with Gasteiger partial charge in [-0.3, -0.25) is 4.79 Å². The predicted octanol–water partition coefficient (Wildman–Crippen LogP) is 1.76. The maximum atomic E-state index is 12.1. The summed E-state index contributed by atoms with van der Waals surface area (Å²) in [7, 11) is 0. The standard InChI is InChI=1S/C10H10F3NO4/c1-3-17-9(16)6-4-7(18-10(11,12)13)5(2)14-8(6)15/h4H,3H2,1-2H3,(H,14,15). The molecule has 8 heteroatoms. The molecule has 100 valence electrons. The van der Waals surface area contributed by atoms with Crippen LogP contribution in [0.2, 0.25) is 0 Å². The number of carbonyl (C=O) groups excluding carboxylic acids is 1. The number of aromatic amines is 1. The molecule has 18 heavy (non-hydrogen) atoms. The van der Waals surface area contributed by atoms with E-state index in [0.29, 0.717) is 6.07 Å². The summed E-state index contributed by atoms with van der Waals surface area (Å²) in [5, 5.41) is 0. The summed E-state index contributed by atoms with van der Waals surface area (Å²) >= 11 is 0. The minimum absolute atomic E-state index is 0.00160. The first-order valence-corrected chi connectivity index (χ1v) is 4.91. The fraction of sp³-hybridized carbons (Fsp3) is 0.400. The number of pyridine rings is 1. The van der Waals surface area contributed by atoms with Crippen LogP contribution in [0.1, 0.15) is 23.0 Å². The highest BCUT2D eigenvalue weighted by molar-refractivity contribution is 5.89. The molecule has 0 aliphatic rings. The molecule has 5 nitrogen and oxygen atoms in total. The number of nitrogens with one attached hydrogen (secondary N) is 1. The lowest BCUT2D eigenvalue weighted by Crippen LogP contribution is -2.24. The van der Waals surface area contributed by atoms with Gasteiger partial charge in [-0.1, -0.05) is 0 Å². The molecule has 0 unspecified atom stereocenters. The Morgan fingerprint density at radius 3 is 2.56 bits per heavy atom. The first-order chi connectivity index (χ1) is 8.24. The fourth-order valence-corrected chi connectivity index (χ4v) is 1.20. The lowest BCUT2D eigenvalue weighted by molar-refractivity contribution is -0.275. The first kappa shape index (κ1) is 14.1. The largest absolute Gasteiger partial charge is 0.573 e. The third kappa shape index (κ3) is 3.51. The highest BCUT2D eigenvalue weighted by atomic mass is 19.4. The van der Waals surface area contributed by atoms with E-state index in [9.17, 15) is 22.8 Å². The molecule has 0 atom stereocenters. The highest BCUT2D eigenvalue weighted by Gasteiger charge is 2.32. The van der Waals surface area contributed by atoms with E-state index in [-0.39, 0.29) is 12.3 Å². The number of halogens is 3. The Balaban J connectivity index is 3.18. The zero-order valence-corrected chi connectivity index (χ0v) is 9.55. The van der Waals surface area contributed by atoms with Gasteiger partial charge in [-0.05, 0) is 13.8 Å². The van der Waals surface area contributed by atoms with Crippen molar-refractivity contribution in [2.75, 3.05) is 6.61 Å². The zero-order chi connectivity index (χ0) is 13.9. The predicted molar refractivity (Wildman–Crippen MR) is 54.4 cm³/mol. The summed E-state index contributed by atoms with van der Waals surface area (Å²) in [6.07, 6.45) is -4.91. The monoisotopic (exact) mass is 265 g/mol. The Bertz CT molecular complexity index is 507. The Labute approximate surface area is 99.5 Å². The smallest absolute Gasteiger partial charge is 0.462 e. The van der Waals surface area contributed by atoms with Crippen molar-refractivity contribution in [3.05, 3.63) is 27.7 Å². The van der Waals surface area contributed by atoms with Crippen molar-refractivity contribution in [1.82, 2.24) is 4.98 Å². The Morgan fingerprint density at radius 2 is 2.06 bits per heavy atom. The van der Waals surface area contributed by atoms with Crippen LogP contribution in [0.15, 0.2) is 10.9 Å². The molecule has 1 rings (SSSR count). The van der Waals surface area contributed by atoms with Gasteiger partial charge >= 0.3 is 12.3 Å². The second kappa shape index (κ2) is 5.11. The van der Waals surface area contributed by atoms with Gasteiger partial charge < -0.3 is 14.5 Å². The van der Waals surface area contributed by atoms with Crippen LogP contribution < -0.4 is 10.3 Å². The number of hydrogen-bond acceptors (Lipinski definition) is 4. The number of rotatable bonds is 3. The topological polar surface area (TPSA) is 68.4 Å². The molecule has 0 aliphatic heterocycles. The lowest BCUT2D eigenvalue weighted by atomic mass is 10.2. The third-order valence-corrected chi connectivity index (χ3v) is 1.91. The Morgan fingerprint density at radius 1 is 1.44 bits per heavy atom. The first-order valence-electron chi connectivity index (χ1n) is 4.91. The van der Waals surface area contributed by atoms with E-state index < -0.39 is 29.2 Å². The minimum atomic E-state index is -4.91. The van der Waals surface area contributed by atoms with E-state index in [1.807, 2.05) is 0 Å². The van der Waals surface area contributed by atoms with Crippen LogP contribution >= 0.6 is 0 Å². The van der Waals surface area contributed by atoms with E-state index in [4.69, 9.17) is 0 Å². The van der Waals surface area contributed by atoms with Crippen molar-refractivity contribution in [1.29, 1.82) is 0 Å². The Kier molecular flexibility index (Phi) is 4.00. The third-order valence-electron chi connectivity index (χ3n) is 1.91. The van der Waals surface area contributed by atoms with Gasteiger partial charge in [0.25, 0.3) is 5.56 Å². The normalized spacial score (nSPS) is 11.2. The molecule has 0 radical (unpaired) electrons. The molecular weight excluding hydrogens is 255 g/mol. The summed E-state index contributed by atoms with van der Waals surface area (Å²) in [4.78, 5) is 24.8. The van der Waals surface area contributed by atoms with Gasteiger partial charge in [0.2, 0.25) is 0 Å². The average Bonchev–Trinajstić information content (AvgIpc) is 2.20. The molecule has 1 aromatic heterocycles. The second-order valence-corrected chi connectivity index (χ2v) is 3.27. The molecule has 0 saturated heterocycles. The van der Waals surface area contributed by atoms with E-state index >= 15 is 0 Å². The van der Waals surface area contributed by atoms with Crippen LogP contribution in [-0.2, 0) is 4.74 Å². The number of alkyl halides is 3. The summed E-state index contributed by atoms with van der Waals surface area (Å²) in [6.45, 7) is 2.73. The summed E-state index contributed by atoms with van der Waals surface area (Å²) in [5.74, 6) is -1.66. The molecule has 0 amide bonds. The average molecular weight is 265 g/mol. The van der Waals surface area contributed by atoms with Crippen LogP contribution in [0.3, 0.4) is 0 Å². The molecule has 1 N–H and O–H groups in total. The molecular formula is C10H10F3NO4. The van der Waals surface area contributed by atoms with Gasteiger partial charge in [0, 0.05) is 6.07 Å². The SMILES string of the molecule is CCOC(=O)c1cc(OC(F)(F)F)c(C)[nH]c1=O. The highest BCUT2D eigenvalue weighted by Crippen LogP contribution is 2.24. The van der Waals surface area contributed by atoms with E-state index in [2.05, 4.69) is 14.5 Å².